The Kier molecular flexibility index (Phi) is 5.83. The van der Waals surface area contributed by atoms with Crippen LogP contribution in [0.25, 0.3) is 0 Å². The van der Waals surface area contributed by atoms with Crippen LogP contribution in [0.5, 0.6) is 0 Å². The van der Waals surface area contributed by atoms with E-state index in [9.17, 15) is 0 Å². The van der Waals surface area contributed by atoms with Crippen molar-refractivity contribution in [3.05, 3.63) is 35.9 Å². The minimum absolute atomic E-state index is 0.429. The van der Waals surface area contributed by atoms with E-state index >= 15 is 0 Å². The topological polar surface area (TPSA) is 24.5 Å². The van der Waals surface area contributed by atoms with Gasteiger partial charge in [-0.1, -0.05) is 37.3 Å². The standard InChI is InChI=1S/C16H26N2O/c1-3-15-13-18(11-12-19-15)10-9-16(17-2)14-7-5-4-6-8-14/h4-8,15-17H,3,9-13H2,1-2H3. The molecule has 1 aliphatic heterocycles. The lowest BCUT2D eigenvalue weighted by atomic mass is 10.0. The zero-order valence-corrected chi connectivity index (χ0v) is 12.1. The van der Waals surface area contributed by atoms with E-state index in [1.54, 1.807) is 0 Å². The van der Waals surface area contributed by atoms with Gasteiger partial charge in [-0.3, -0.25) is 4.90 Å². The summed E-state index contributed by atoms with van der Waals surface area (Å²) in [5, 5.41) is 3.43. The van der Waals surface area contributed by atoms with E-state index in [4.69, 9.17) is 4.74 Å². The van der Waals surface area contributed by atoms with Crippen molar-refractivity contribution in [1.29, 1.82) is 0 Å². The molecule has 1 N–H and O–H groups in total. The molecule has 106 valence electrons. The number of nitrogens with zero attached hydrogens (tertiary/aromatic N) is 1. The molecule has 19 heavy (non-hydrogen) atoms. The Hall–Kier alpha value is -0.900. The van der Waals surface area contributed by atoms with E-state index in [2.05, 4.69) is 47.5 Å². The lowest BCUT2D eigenvalue weighted by Gasteiger charge is -2.33. The first-order valence-electron chi connectivity index (χ1n) is 7.39. The molecule has 0 aliphatic carbocycles. The molecule has 2 unspecified atom stereocenters. The second kappa shape index (κ2) is 7.63. The third kappa shape index (κ3) is 4.30. The van der Waals surface area contributed by atoms with Gasteiger partial charge in [-0.15, -0.1) is 0 Å². The molecule has 1 aliphatic rings. The Balaban J connectivity index is 1.83. The molecular weight excluding hydrogens is 236 g/mol. The minimum Gasteiger partial charge on any atom is -0.376 e. The third-order valence-electron chi connectivity index (χ3n) is 3.96. The lowest BCUT2D eigenvalue weighted by molar-refractivity contribution is -0.0304. The van der Waals surface area contributed by atoms with E-state index in [0.29, 0.717) is 12.1 Å². The Morgan fingerprint density at radius 1 is 1.37 bits per heavy atom. The average Bonchev–Trinajstić information content (AvgIpc) is 2.49. The molecule has 0 aromatic heterocycles. The average molecular weight is 262 g/mol. The molecule has 1 aromatic carbocycles. The van der Waals surface area contributed by atoms with Gasteiger partial charge in [-0.25, -0.2) is 0 Å². The zero-order valence-electron chi connectivity index (χ0n) is 12.1. The van der Waals surface area contributed by atoms with Crippen molar-refractivity contribution in [3.63, 3.8) is 0 Å². The molecule has 0 bridgehead atoms. The van der Waals surface area contributed by atoms with Gasteiger partial charge in [0.15, 0.2) is 0 Å². The molecule has 0 radical (unpaired) electrons. The second-order valence-corrected chi connectivity index (χ2v) is 5.24. The van der Waals surface area contributed by atoms with E-state index in [-0.39, 0.29) is 0 Å². The molecule has 0 amide bonds. The van der Waals surface area contributed by atoms with E-state index in [0.717, 1.165) is 39.1 Å². The van der Waals surface area contributed by atoms with Crippen molar-refractivity contribution in [1.82, 2.24) is 10.2 Å². The van der Waals surface area contributed by atoms with Crippen LogP contribution in [0.3, 0.4) is 0 Å². The Morgan fingerprint density at radius 3 is 2.84 bits per heavy atom. The van der Waals surface area contributed by atoms with Gasteiger partial charge in [0.2, 0.25) is 0 Å². The number of nitrogens with one attached hydrogen (secondary N) is 1. The number of benzene rings is 1. The third-order valence-corrected chi connectivity index (χ3v) is 3.96. The second-order valence-electron chi connectivity index (χ2n) is 5.24. The molecule has 2 atom stereocenters. The predicted octanol–water partition coefficient (Wildman–Crippen LogP) is 2.45. The van der Waals surface area contributed by atoms with Crippen LogP contribution in [-0.4, -0.2) is 44.3 Å². The summed E-state index contributed by atoms with van der Waals surface area (Å²) in [6, 6.07) is 11.2. The fourth-order valence-corrected chi connectivity index (χ4v) is 2.71. The summed E-state index contributed by atoms with van der Waals surface area (Å²) in [5.74, 6) is 0. The smallest absolute Gasteiger partial charge is 0.0700 e. The van der Waals surface area contributed by atoms with Crippen LogP contribution in [-0.2, 0) is 4.74 Å². The van der Waals surface area contributed by atoms with Gasteiger partial charge in [0.25, 0.3) is 0 Å². The SMILES string of the molecule is CCC1CN(CCC(NC)c2ccccc2)CCO1. The Bertz CT molecular complexity index is 355. The predicted molar refractivity (Wildman–Crippen MR) is 79.3 cm³/mol. The van der Waals surface area contributed by atoms with Crippen LogP contribution in [0.1, 0.15) is 31.4 Å². The lowest BCUT2D eigenvalue weighted by Crippen LogP contribution is -2.43. The molecule has 0 saturated carbocycles. The molecule has 1 aromatic rings. The highest BCUT2D eigenvalue weighted by Gasteiger charge is 2.19. The quantitative estimate of drug-likeness (QED) is 0.852. The van der Waals surface area contributed by atoms with Crippen molar-refractivity contribution >= 4 is 0 Å². The molecule has 1 fully saturated rings. The van der Waals surface area contributed by atoms with Crippen molar-refractivity contribution in [2.45, 2.75) is 31.9 Å². The van der Waals surface area contributed by atoms with Gasteiger partial charge in [-0.05, 0) is 25.5 Å². The van der Waals surface area contributed by atoms with E-state index in [1.807, 2.05) is 7.05 Å². The maximum absolute atomic E-state index is 5.72. The maximum Gasteiger partial charge on any atom is 0.0700 e. The van der Waals surface area contributed by atoms with Crippen molar-refractivity contribution in [3.8, 4) is 0 Å². The largest absolute Gasteiger partial charge is 0.376 e. The van der Waals surface area contributed by atoms with Crippen molar-refractivity contribution < 1.29 is 4.74 Å². The summed E-state index contributed by atoms with van der Waals surface area (Å²) >= 11 is 0. The molecule has 1 saturated heterocycles. The van der Waals surface area contributed by atoms with Gasteiger partial charge in [0, 0.05) is 25.7 Å². The summed E-state index contributed by atoms with van der Waals surface area (Å²) in [6.07, 6.45) is 2.69. The Morgan fingerprint density at radius 2 is 2.16 bits per heavy atom. The molecule has 1 heterocycles. The highest BCUT2D eigenvalue weighted by molar-refractivity contribution is 5.18. The van der Waals surface area contributed by atoms with Crippen LogP contribution >= 0.6 is 0 Å². The number of rotatable bonds is 6. The normalized spacial score (nSPS) is 22.3. The highest BCUT2D eigenvalue weighted by atomic mass is 16.5. The number of hydrogen-bond acceptors (Lipinski definition) is 3. The van der Waals surface area contributed by atoms with Crippen LogP contribution in [0.4, 0.5) is 0 Å². The first-order valence-corrected chi connectivity index (χ1v) is 7.39. The fourth-order valence-electron chi connectivity index (χ4n) is 2.71. The monoisotopic (exact) mass is 262 g/mol. The first-order chi connectivity index (χ1) is 9.33. The van der Waals surface area contributed by atoms with Gasteiger partial charge < -0.3 is 10.1 Å². The van der Waals surface area contributed by atoms with Gasteiger partial charge in [0.1, 0.15) is 0 Å². The zero-order chi connectivity index (χ0) is 13.5. The number of hydrogen-bond donors (Lipinski definition) is 1. The van der Waals surface area contributed by atoms with Gasteiger partial charge in [-0.2, -0.15) is 0 Å². The molecular formula is C16H26N2O. The van der Waals surface area contributed by atoms with Gasteiger partial charge in [0.05, 0.1) is 12.7 Å². The molecule has 3 heteroatoms. The van der Waals surface area contributed by atoms with Crippen LogP contribution in [0.15, 0.2) is 30.3 Å². The van der Waals surface area contributed by atoms with Gasteiger partial charge >= 0.3 is 0 Å². The fraction of sp³-hybridized carbons (Fsp3) is 0.625. The van der Waals surface area contributed by atoms with Crippen molar-refractivity contribution in [2.75, 3.05) is 33.3 Å². The Labute approximate surface area is 116 Å². The minimum atomic E-state index is 0.429. The summed E-state index contributed by atoms with van der Waals surface area (Å²) in [5.41, 5.74) is 1.38. The van der Waals surface area contributed by atoms with Crippen LogP contribution < -0.4 is 5.32 Å². The molecule has 3 nitrogen and oxygen atoms in total. The van der Waals surface area contributed by atoms with Crippen LogP contribution in [0.2, 0.25) is 0 Å². The molecule has 0 spiro atoms. The number of morpholine rings is 1. The van der Waals surface area contributed by atoms with E-state index in [1.165, 1.54) is 5.56 Å². The molecule has 2 rings (SSSR count). The summed E-state index contributed by atoms with van der Waals surface area (Å²) in [7, 11) is 2.05. The maximum atomic E-state index is 5.72. The summed E-state index contributed by atoms with van der Waals surface area (Å²) in [6.45, 7) is 6.38. The van der Waals surface area contributed by atoms with Crippen LogP contribution in [0, 0.1) is 0 Å². The summed E-state index contributed by atoms with van der Waals surface area (Å²) in [4.78, 5) is 2.53. The van der Waals surface area contributed by atoms with E-state index < -0.39 is 0 Å². The number of ether oxygens (including phenoxy) is 1. The first kappa shape index (κ1) is 14.5. The van der Waals surface area contributed by atoms with Crippen molar-refractivity contribution in [2.24, 2.45) is 0 Å². The highest BCUT2D eigenvalue weighted by Crippen LogP contribution is 2.17. The summed E-state index contributed by atoms with van der Waals surface area (Å²) < 4.78 is 5.72.